The van der Waals surface area contributed by atoms with E-state index in [-0.39, 0.29) is 18.3 Å². The second-order valence-corrected chi connectivity index (χ2v) is 12.4. The van der Waals surface area contributed by atoms with Crippen LogP contribution in [0.2, 0.25) is 0 Å². The van der Waals surface area contributed by atoms with Crippen LogP contribution in [0.3, 0.4) is 0 Å². The summed E-state index contributed by atoms with van der Waals surface area (Å²) in [6, 6.07) is 23.6. The minimum absolute atomic E-state index is 0.0504. The maximum absolute atomic E-state index is 13.4. The highest BCUT2D eigenvalue weighted by Crippen LogP contribution is 2.41. The molecule has 1 N–H and O–H groups in total. The Hall–Kier alpha value is -3.32. The van der Waals surface area contributed by atoms with Crippen LogP contribution in [0.15, 0.2) is 72.8 Å². The molecule has 1 heterocycles. The van der Waals surface area contributed by atoms with Crippen LogP contribution in [0, 0.1) is 5.92 Å². The second-order valence-electron chi connectivity index (χ2n) is 10.5. The van der Waals surface area contributed by atoms with E-state index in [1.54, 1.807) is 0 Å². The summed E-state index contributed by atoms with van der Waals surface area (Å²) in [6.45, 7) is 2.32. The van der Waals surface area contributed by atoms with Crippen LogP contribution < -0.4 is 9.04 Å². The zero-order valence-corrected chi connectivity index (χ0v) is 22.6. The highest BCUT2D eigenvalue weighted by molar-refractivity contribution is 7.92. The topological polar surface area (TPSA) is 83.9 Å². The summed E-state index contributed by atoms with van der Waals surface area (Å²) in [5, 5.41) is 9.06. The molecule has 1 fully saturated rings. The number of rotatable bonds is 8. The van der Waals surface area contributed by atoms with Crippen molar-refractivity contribution in [3.8, 4) is 16.9 Å². The van der Waals surface area contributed by atoms with Gasteiger partial charge in [-0.1, -0.05) is 67.6 Å². The molecule has 7 heteroatoms. The van der Waals surface area contributed by atoms with E-state index in [0.29, 0.717) is 36.2 Å². The third-order valence-corrected chi connectivity index (χ3v) is 9.62. The number of carboxylic acids is 1. The molecule has 1 aliphatic heterocycles. The fourth-order valence-electron chi connectivity index (χ4n) is 5.73. The number of nitrogens with zero attached hydrogens (tertiary/aromatic N) is 1. The van der Waals surface area contributed by atoms with Crippen molar-refractivity contribution >= 4 is 21.7 Å². The molecule has 38 heavy (non-hydrogen) atoms. The molecule has 5 rings (SSSR count). The summed E-state index contributed by atoms with van der Waals surface area (Å²) < 4.78 is 34.6. The number of aliphatic carboxylic acids is 1. The average molecular weight is 534 g/mol. The van der Waals surface area contributed by atoms with Gasteiger partial charge in [0.25, 0.3) is 0 Å². The van der Waals surface area contributed by atoms with E-state index in [4.69, 9.17) is 9.84 Å². The Morgan fingerprint density at radius 3 is 2.29 bits per heavy atom. The number of anilines is 1. The molecule has 0 radical (unpaired) electrons. The van der Waals surface area contributed by atoms with Crippen LogP contribution in [0.4, 0.5) is 5.69 Å². The molecule has 0 amide bonds. The minimum atomic E-state index is -3.58. The summed E-state index contributed by atoms with van der Waals surface area (Å²) in [4.78, 5) is 11.0. The van der Waals surface area contributed by atoms with Crippen molar-refractivity contribution in [1.29, 1.82) is 0 Å². The summed E-state index contributed by atoms with van der Waals surface area (Å²) in [5.74, 6) is 0.605. The van der Waals surface area contributed by atoms with Gasteiger partial charge in [0, 0.05) is 6.42 Å². The molecular formula is C31H35NO5S. The molecule has 3 aromatic rings. The van der Waals surface area contributed by atoms with E-state index in [0.717, 1.165) is 42.4 Å². The molecular weight excluding hydrogens is 498 g/mol. The van der Waals surface area contributed by atoms with Gasteiger partial charge in [0.15, 0.2) is 0 Å². The molecule has 0 aromatic heterocycles. The SMILES string of the molecule is CCC1CN(S(=O)(=O)Cc2ccccc2)c2ccc(-c3ccc(C4CCC(CC(=O)O)CC4)cc3)cc2O1. The number of carboxylic acid groups (broad SMARTS) is 1. The van der Waals surface area contributed by atoms with Crippen LogP contribution in [0.5, 0.6) is 5.75 Å². The number of hydrogen-bond donors (Lipinski definition) is 1. The Morgan fingerprint density at radius 1 is 0.947 bits per heavy atom. The number of hydrogen-bond acceptors (Lipinski definition) is 4. The summed E-state index contributed by atoms with van der Waals surface area (Å²) in [5.41, 5.74) is 4.68. The largest absolute Gasteiger partial charge is 0.486 e. The monoisotopic (exact) mass is 533 g/mol. The Labute approximate surface area is 225 Å². The number of benzene rings is 3. The molecule has 1 unspecified atom stereocenters. The molecule has 0 bridgehead atoms. The maximum atomic E-state index is 13.4. The van der Waals surface area contributed by atoms with Crippen molar-refractivity contribution in [3.63, 3.8) is 0 Å². The van der Waals surface area contributed by atoms with Gasteiger partial charge in [-0.05, 0) is 78.3 Å². The lowest BCUT2D eigenvalue weighted by Crippen LogP contribution is -2.43. The molecule has 0 saturated heterocycles. The Balaban J connectivity index is 1.34. The van der Waals surface area contributed by atoms with Crippen molar-refractivity contribution in [2.24, 2.45) is 5.92 Å². The first-order valence-corrected chi connectivity index (χ1v) is 15.1. The molecule has 3 aromatic carbocycles. The van der Waals surface area contributed by atoms with Crippen LogP contribution >= 0.6 is 0 Å². The predicted molar refractivity (Wildman–Crippen MR) is 150 cm³/mol. The van der Waals surface area contributed by atoms with Gasteiger partial charge in [0.05, 0.1) is 18.0 Å². The molecule has 6 nitrogen and oxygen atoms in total. The van der Waals surface area contributed by atoms with E-state index in [1.807, 2.05) is 55.5 Å². The molecule has 0 spiro atoms. The Kier molecular flexibility index (Phi) is 7.75. The van der Waals surface area contributed by atoms with E-state index in [9.17, 15) is 13.2 Å². The van der Waals surface area contributed by atoms with Gasteiger partial charge in [0.2, 0.25) is 10.0 Å². The fraction of sp³-hybridized carbons (Fsp3) is 0.387. The van der Waals surface area contributed by atoms with Gasteiger partial charge in [-0.2, -0.15) is 0 Å². The van der Waals surface area contributed by atoms with E-state index < -0.39 is 16.0 Å². The van der Waals surface area contributed by atoms with Gasteiger partial charge >= 0.3 is 5.97 Å². The normalized spacial score (nSPS) is 21.4. The molecule has 1 aliphatic carbocycles. The Morgan fingerprint density at radius 2 is 1.63 bits per heavy atom. The van der Waals surface area contributed by atoms with Gasteiger partial charge < -0.3 is 9.84 Å². The zero-order chi connectivity index (χ0) is 26.7. The summed E-state index contributed by atoms with van der Waals surface area (Å²) in [6.07, 6.45) is 4.75. The Bertz CT molecular complexity index is 1360. The van der Waals surface area contributed by atoms with Crippen LogP contribution in [0.1, 0.15) is 62.5 Å². The average Bonchev–Trinajstić information content (AvgIpc) is 2.92. The smallest absolute Gasteiger partial charge is 0.303 e. The minimum Gasteiger partial charge on any atom is -0.486 e. The van der Waals surface area contributed by atoms with E-state index >= 15 is 0 Å². The number of carbonyl (C=O) groups is 1. The standard InChI is InChI=1S/C31H35NO5S/c1-2-28-20-32(38(35,36)21-23-6-4-3-5-7-23)29-17-16-27(19-30(29)37-28)26-14-12-25(13-15-26)24-10-8-22(9-11-24)18-31(33)34/h3-7,12-17,19,22,24,28H,2,8-11,18,20-21H2,1H3,(H,33,34). The van der Waals surface area contributed by atoms with Crippen molar-refractivity contribution in [2.75, 3.05) is 10.8 Å². The lowest BCUT2D eigenvalue weighted by molar-refractivity contribution is -0.138. The van der Waals surface area contributed by atoms with Crippen LogP contribution in [-0.4, -0.2) is 32.1 Å². The molecule has 200 valence electrons. The van der Waals surface area contributed by atoms with Crippen molar-refractivity contribution < 1.29 is 23.1 Å². The molecule has 2 aliphatic rings. The number of ether oxygens (including phenoxy) is 1. The lowest BCUT2D eigenvalue weighted by Gasteiger charge is -2.35. The van der Waals surface area contributed by atoms with Gasteiger partial charge in [-0.25, -0.2) is 8.42 Å². The first-order chi connectivity index (χ1) is 18.3. The van der Waals surface area contributed by atoms with Crippen LogP contribution in [-0.2, 0) is 20.6 Å². The summed E-state index contributed by atoms with van der Waals surface area (Å²) in [7, 11) is -3.58. The van der Waals surface area contributed by atoms with Gasteiger partial charge in [-0.3, -0.25) is 9.10 Å². The van der Waals surface area contributed by atoms with Crippen molar-refractivity contribution in [3.05, 3.63) is 83.9 Å². The molecule has 1 saturated carbocycles. The maximum Gasteiger partial charge on any atom is 0.303 e. The number of sulfonamides is 1. The lowest BCUT2D eigenvalue weighted by atomic mass is 9.77. The van der Waals surface area contributed by atoms with Gasteiger partial charge in [-0.15, -0.1) is 0 Å². The quantitative estimate of drug-likeness (QED) is 0.352. The first-order valence-electron chi connectivity index (χ1n) is 13.5. The van der Waals surface area contributed by atoms with Crippen molar-refractivity contribution in [2.45, 2.75) is 63.2 Å². The highest BCUT2D eigenvalue weighted by atomic mass is 32.2. The zero-order valence-electron chi connectivity index (χ0n) is 21.8. The predicted octanol–water partition coefficient (Wildman–Crippen LogP) is 6.61. The van der Waals surface area contributed by atoms with E-state index in [2.05, 4.69) is 24.3 Å². The molecule has 1 atom stereocenters. The first kappa shape index (κ1) is 26.3. The van der Waals surface area contributed by atoms with Crippen LogP contribution in [0.25, 0.3) is 11.1 Å². The second kappa shape index (κ2) is 11.2. The summed E-state index contributed by atoms with van der Waals surface area (Å²) >= 11 is 0. The fourth-order valence-corrected chi connectivity index (χ4v) is 7.34. The third-order valence-electron chi connectivity index (χ3n) is 7.90. The highest BCUT2D eigenvalue weighted by Gasteiger charge is 2.33. The van der Waals surface area contributed by atoms with E-state index in [1.165, 1.54) is 9.87 Å². The number of fused-ring (bicyclic) bond motifs is 1. The third kappa shape index (κ3) is 5.88. The van der Waals surface area contributed by atoms with Crippen molar-refractivity contribution in [1.82, 2.24) is 0 Å². The van der Waals surface area contributed by atoms with Gasteiger partial charge in [0.1, 0.15) is 11.9 Å².